The predicted octanol–water partition coefficient (Wildman–Crippen LogP) is 20.1. The molecule has 0 aliphatic carbocycles. The number of aromatic nitrogens is 8. The summed E-state index contributed by atoms with van der Waals surface area (Å²) in [5.74, 6) is 0.802. The number of nitrogens with zero attached hydrogens (tertiary/aromatic N) is 8. The van der Waals surface area contributed by atoms with Gasteiger partial charge in [-0.1, -0.05) is 194 Å². The molecule has 9 nitrogen and oxygen atoms in total. The SMILES string of the molecule is N#Cc1c(-n2c3ccccc3c3ccccc32)c(-c2ccc3ncn(-c4ccccc4)c4ccc(-c5ccccc5)cc4[nH]c3c2)cc(-c2ccc3nc4n(-c5ccccc5)c5ccc(-c6ccccc6)cc5n4c3c2)c1-n1c2ccccc2c2ccccc21. The van der Waals surface area contributed by atoms with Crippen LogP contribution in [0.5, 0.6) is 0 Å². The number of H-pyrrole nitrogens is 1. The molecule has 18 rings (SSSR count). The minimum absolute atomic E-state index is 0.515. The van der Waals surface area contributed by atoms with Crippen molar-refractivity contribution < 1.29 is 0 Å². The summed E-state index contributed by atoms with van der Waals surface area (Å²) >= 11 is 0. The fourth-order valence-corrected chi connectivity index (χ4v) is 14.0. The van der Waals surface area contributed by atoms with Gasteiger partial charge in [0.15, 0.2) is 0 Å². The van der Waals surface area contributed by atoms with Gasteiger partial charge in [0.1, 0.15) is 18.0 Å². The predicted molar refractivity (Wildman–Crippen MR) is 369 cm³/mol. The quantitative estimate of drug-likeness (QED) is 0.164. The monoisotopic (exact) mass is 1150 g/mol. The molecule has 1 N–H and O–H groups in total. The number of imidazole rings is 2. The van der Waals surface area contributed by atoms with E-state index in [0.717, 1.165) is 161 Å². The smallest absolute Gasteiger partial charge is 0.220 e. The third-order valence-electron chi connectivity index (χ3n) is 18.0. The van der Waals surface area contributed by atoms with E-state index in [2.05, 4.69) is 325 Å². The average molecular weight is 1150 g/mol. The van der Waals surface area contributed by atoms with Crippen molar-refractivity contribution in [2.45, 2.75) is 0 Å². The van der Waals surface area contributed by atoms with Crippen LogP contribution in [0, 0.1) is 11.3 Å². The Bertz CT molecular complexity index is 5930. The number of fused-ring (bicyclic) bond motifs is 13. The van der Waals surface area contributed by atoms with Crippen LogP contribution in [0.2, 0.25) is 0 Å². The Labute approximate surface area is 516 Å². The van der Waals surface area contributed by atoms with Crippen LogP contribution < -0.4 is 0 Å². The molecule has 0 amide bonds. The van der Waals surface area contributed by atoms with Gasteiger partial charge in [-0.3, -0.25) is 13.5 Å². The van der Waals surface area contributed by atoms with Crippen LogP contribution >= 0.6 is 0 Å². The largest absolute Gasteiger partial charge is 0.352 e. The van der Waals surface area contributed by atoms with Crippen LogP contribution in [-0.2, 0) is 0 Å². The van der Waals surface area contributed by atoms with E-state index in [-0.39, 0.29) is 0 Å². The highest BCUT2D eigenvalue weighted by atomic mass is 15.2. The summed E-state index contributed by atoms with van der Waals surface area (Å²) in [5.41, 5.74) is 23.3. The van der Waals surface area contributed by atoms with Crippen molar-refractivity contribution in [1.29, 1.82) is 5.26 Å². The summed E-state index contributed by atoms with van der Waals surface area (Å²) in [6.07, 6.45) is 1.93. The van der Waals surface area contributed by atoms with Crippen LogP contribution in [-0.4, -0.2) is 37.6 Å². The maximum atomic E-state index is 12.6. The fraction of sp³-hybridized carbons (Fsp3) is 0. The van der Waals surface area contributed by atoms with Crippen molar-refractivity contribution in [3.8, 4) is 73.3 Å². The number of benzene rings is 13. The van der Waals surface area contributed by atoms with Crippen molar-refractivity contribution in [3.63, 3.8) is 0 Å². The molecule has 0 saturated carbocycles. The van der Waals surface area contributed by atoms with E-state index < -0.39 is 0 Å². The van der Waals surface area contributed by atoms with Crippen LogP contribution in [0.25, 0.3) is 161 Å². The highest BCUT2D eigenvalue weighted by Gasteiger charge is 2.29. The van der Waals surface area contributed by atoms with Gasteiger partial charge in [-0.05, 0) is 137 Å². The first kappa shape index (κ1) is 50.8. The molecule has 0 saturated heterocycles. The topological polar surface area (TPSA) is 89.5 Å². The molecule has 0 aliphatic rings. The minimum atomic E-state index is 0.515. The van der Waals surface area contributed by atoms with E-state index in [9.17, 15) is 5.26 Å². The van der Waals surface area contributed by atoms with Crippen molar-refractivity contribution in [2.75, 3.05) is 0 Å². The van der Waals surface area contributed by atoms with Crippen LogP contribution in [0.4, 0.5) is 0 Å². The molecule has 18 aromatic rings. The second-order valence-electron chi connectivity index (χ2n) is 23.0. The van der Waals surface area contributed by atoms with E-state index >= 15 is 0 Å². The van der Waals surface area contributed by atoms with E-state index in [1.807, 2.05) is 12.4 Å². The fourth-order valence-electron chi connectivity index (χ4n) is 14.0. The molecule has 5 aromatic heterocycles. The molecule has 0 unspecified atom stereocenters. The van der Waals surface area contributed by atoms with Crippen molar-refractivity contribution >= 4 is 93.5 Å². The molecular formula is C81H51N9. The lowest BCUT2D eigenvalue weighted by Crippen LogP contribution is -2.08. The zero-order valence-electron chi connectivity index (χ0n) is 48.4. The standard InChI is InChI=1S/C81H51N9/c82-50-66-79(88-71-33-17-13-29-60(71)61-30-14-18-34-72(61)88)64(56-37-41-67-69(46-56)84-70-45-54(52-21-5-1-6-22-52)39-43-75(70)86(51-83-67)58-25-9-3-10-26-58)49-65(80(66)89-73-35-19-15-31-62(73)63-32-16-20-36-74(63)89)57-38-42-68-77(48-57)90-78-47-55(53-23-7-2-8-24-53)40-44-76(78)87(81(90)85-68)59-27-11-4-12-28-59/h1-49,51,84H. The van der Waals surface area contributed by atoms with Gasteiger partial charge < -0.3 is 14.1 Å². The zero-order chi connectivity index (χ0) is 59.4. The molecule has 0 aliphatic heterocycles. The second-order valence-corrected chi connectivity index (χ2v) is 23.0. The Kier molecular flexibility index (Phi) is 11.5. The number of para-hydroxylation sites is 6. The first-order valence-electron chi connectivity index (χ1n) is 30.3. The molecule has 0 spiro atoms. The van der Waals surface area contributed by atoms with Crippen LogP contribution in [0.15, 0.2) is 304 Å². The molecular weight excluding hydrogens is 1100 g/mol. The van der Waals surface area contributed by atoms with Crippen LogP contribution in [0.3, 0.4) is 0 Å². The van der Waals surface area contributed by atoms with Crippen molar-refractivity contribution in [1.82, 2.24) is 37.6 Å². The average Bonchev–Trinajstić information content (AvgIpc) is 1.50. The first-order chi connectivity index (χ1) is 44.6. The van der Waals surface area contributed by atoms with Gasteiger partial charge >= 0.3 is 0 Å². The summed E-state index contributed by atoms with van der Waals surface area (Å²) in [5, 5.41) is 17.0. The molecule has 13 aromatic carbocycles. The van der Waals surface area contributed by atoms with Gasteiger partial charge in [0, 0.05) is 44.0 Å². The maximum absolute atomic E-state index is 12.6. The highest BCUT2D eigenvalue weighted by Crippen LogP contribution is 2.47. The summed E-state index contributed by atoms with van der Waals surface area (Å²) in [6.45, 7) is 0. The van der Waals surface area contributed by atoms with E-state index in [0.29, 0.717) is 5.56 Å². The Morgan fingerprint density at radius 3 is 1.32 bits per heavy atom. The highest BCUT2D eigenvalue weighted by molar-refractivity contribution is 6.13. The normalized spacial score (nSPS) is 11.8. The molecule has 0 radical (unpaired) electrons. The summed E-state index contributed by atoms with van der Waals surface area (Å²) < 4.78 is 11.4. The van der Waals surface area contributed by atoms with Crippen LogP contribution in [0.1, 0.15) is 5.56 Å². The number of nitrogens with one attached hydrogen (secondary N) is 1. The number of rotatable bonds is 8. The van der Waals surface area contributed by atoms with Gasteiger partial charge in [-0.2, -0.15) is 5.26 Å². The van der Waals surface area contributed by atoms with Gasteiger partial charge in [0.05, 0.1) is 77.6 Å². The Morgan fingerprint density at radius 1 is 0.322 bits per heavy atom. The molecule has 0 fully saturated rings. The van der Waals surface area contributed by atoms with Crippen molar-refractivity contribution in [3.05, 3.63) is 309 Å². The lowest BCUT2D eigenvalue weighted by molar-refractivity contribution is 1.05. The molecule has 90 heavy (non-hydrogen) atoms. The summed E-state index contributed by atoms with van der Waals surface area (Å²) in [4.78, 5) is 14.7. The zero-order valence-corrected chi connectivity index (χ0v) is 48.4. The van der Waals surface area contributed by atoms with Crippen molar-refractivity contribution in [2.24, 2.45) is 0 Å². The third-order valence-corrected chi connectivity index (χ3v) is 18.0. The van der Waals surface area contributed by atoms with E-state index in [1.165, 1.54) is 0 Å². The Morgan fingerprint density at radius 2 is 0.767 bits per heavy atom. The molecule has 0 bridgehead atoms. The minimum Gasteiger partial charge on any atom is -0.352 e. The maximum Gasteiger partial charge on any atom is 0.220 e. The lowest BCUT2D eigenvalue weighted by Gasteiger charge is -2.23. The van der Waals surface area contributed by atoms with Gasteiger partial charge in [0.2, 0.25) is 5.78 Å². The third kappa shape index (κ3) is 7.88. The Balaban J connectivity index is 0.984. The van der Waals surface area contributed by atoms with Gasteiger partial charge in [0.25, 0.3) is 0 Å². The van der Waals surface area contributed by atoms with E-state index in [4.69, 9.17) is 9.97 Å². The van der Waals surface area contributed by atoms with E-state index in [1.54, 1.807) is 0 Å². The number of nitriles is 1. The lowest BCUT2D eigenvalue weighted by atomic mass is 9.91. The Hall–Kier alpha value is -12.5. The number of aromatic amines is 1. The number of hydrogen-bond donors (Lipinski definition) is 1. The molecule has 9 heteroatoms. The number of hydrogen-bond acceptors (Lipinski definition) is 3. The molecule has 0 atom stereocenters. The van der Waals surface area contributed by atoms with Gasteiger partial charge in [-0.25, -0.2) is 9.97 Å². The summed E-state index contributed by atoms with van der Waals surface area (Å²) in [7, 11) is 0. The molecule has 420 valence electrons. The second kappa shape index (κ2) is 20.3. The first-order valence-corrected chi connectivity index (χ1v) is 30.3. The van der Waals surface area contributed by atoms with Gasteiger partial charge in [-0.15, -0.1) is 0 Å². The molecule has 5 heterocycles. The summed E-state index contributed by atoms with van der Waals surface area (Å²) in [6, 6.07) is 108.